The summed E-state index contributed by atoms with van der Waals surface area (Å²) >= 11 is 6.38. The van der Waals surface area contributed by atoms with Crippen LogP contribution >= 0.6 is 11.6 Å². The summed E-state index contributed by atoms with van der Waals surface area (Å²) < 4.78 is 0. The predicted octanol–water partition coefficient (Wildman–Crippen LogP) is 4.84. The van der Waals surface area contributed by atoms with Crippen LogP contribution in [-0.4, -0.2) is 9.97 Å². The largest absolute Gasteiger partial charge is 0.335 e. The number of halogens is 1. The molecular weight excluding hydrogens is 268 g/mol. The molecule has 1 heterocycles. The SMILES string of the molecule is Clc1ccc2[nH][c]nc2c1-c1ccc2ccccc2c1. The zero-order valence-corrected chi connectivity index (χ0v) is 11.3. The van der Waals surface area contributed by atoms with E-state index in [9.17, 15) is 0 Å². The van der Waals surface area contributed by atoms with Crippen molar-refractivity contribution in [3.63, 3.8) is 0 Å². The topological polar surface area (TPSA) is 28.7 Å². The van der Waals surface area contributed by atoms with E-state index >= 15 is 0 Å². The van der Waals surface area contributed by atoms with Gasteiger partial charge in [-0.25, -0.2) is 4.98 Å². The van der Waals surface area contributed by atoms with Gasteiger partial charge in [0.15, 0.2) is 6.33 Å². The quantitative estimate of drug-likeness (QED) is 0.530. The Kier molecular flexibility index (Phi) is 2.51. The van der Waals surface area contributed by atoms with Crippen molar-refractivity contribution in [3.05, 3.63) is 65.9 Å². The van der Waals surface area contributed by atoms with Gasteiger partial charge in [-0.15, -0.1) is 0 Å². The molecule has 95 valence electrons. The Bertz CT molecular complexity index is 924. The summed E-state index contributed by atoms with van der Waals surface area (Å²) in [5, 5.41) is 3.11. The van der Waals surface area contributed by atoms with Gasteiger partial charge in [-0.1, -0.05) is 48.0 Å². The third-order valence-electron chi connectivity index (χ3n) is 3.52. The highest BCUT2D eigenvalue weighted by Crippen LogP contribution is 2.35. The second-order valence-corrected chi connectivity index (χ2v) is 5.14. The molecule has 1 radical (unpaired) electrons. The number of rotatable bonds is 1. The lowest BCUT2D eigenvalue weighted by Crippen LogP contribution is -1.83. The van der Waals surface area contributed by atoms with Gasteiger partial charge in [-0.2, -0.15) is 0 Å². The van der Waals surface area contributed by atoms with Gasteiger partial charge in [0.05, 0.1) is 16.1 Å². The zero-order valence-electron chi connectivity index (χ0n) is 10.5. The van der Waals surface area contributed by atoms with Crippen molar-refractivity contribution in [2.75, 3.05) is 0 Å². The molecule has 0 spiro atoms. The van der Waals surface area contributed by atoms with Gasteiger partial charge in [0.2, 0.25) is 0 Å². The van der Waals surface area contributed by atoms with Crippen LogP contribution in [-0.2, 0) is 0 Å². The molecule has 1 N–H and O–H groups in total. The van der Waals surface area contributed by atoms with Gasteiger partial charge in [0.1, 0.15) is 0 Å². The number of nitrogens with one attached hydrogen (secondary N) is 1. The molecule has 0 fully saturated rings. The molecule has 3 aromatic carbocycles. The van der Waals surface area contributed by atoms with Crippen LogP contribution in [0.25, 0.3) is 32.9 Å². The molecule has 0 saturated carbocycles. The highest BCUT2D eigenvalue weighted by Gasteiger charge is 2.11. The van der Waals surface area contributed by atoms with E-state index in [4.69, 9.17) is 11.6 Å². The summed E-state index contributed by atoms with van der Waals surface area (Å²) in [5.41, 5.74) is 3.82. The molecule has 0 atom stereocenters. The van der Waals surface area contributed by atoms with E-state index in [1.165, 1.54) is 10.8 Å². The van der Waals surface area contributed by atoms with E-state index in [0.29, 0.717) is 5.02 Å². The Morgan fingerprint density at radius 3 is 2.70 bits per heavy atom. The third-order valence-corrected chi connectivity index (χ3v) is 3.84. The smallest absolute Gasteiger partial charge is 0.174 e. The molecule has 3 heteroatoms. The number of H-pyrrole nitrogens is 1. The molecule has 0 aliphatic carbocycles. The first-order valence-corrected chi connectivity index (χ1v) is 6.74. The minimum atomic E-state index is 0.702. The van der Waals surface area contributed by atoms with E-state index in [0.717, 1.165) is 22.2 Å². The van der Waals surface area contributed by atoms with Crippen LogP contribution in [0.1, 0.15) is 0 Å². The van der Waals surface area contributed by atoms with Crippen molar-refractivity contribution in [2.24, 2.45) is 0 Å². The maximum absolute atomic E-state index is 6.38. The van der Waals surface area contributed by atoms with Crippen LogP contribution in [0.4, 0.5) is 0 Å². The Morgan fingerprint density at radius 1 is 0.950 bits per heavy atom. The van der Waals surface area contributed by atoms with Crippen molar-refractivity contribution in [1.82, 2.24) is 9.97 Å². The summed E-state index contributed by atoms with van der Waals surface area (Å²) in [5.74, 6) is 0. The number of hydrogen-bond acceptors (Lipinski definition) is 1. The normalized spacial score (nSPS) is 11.2. The van der Waals surface area contributed by atoms with E-state index in [2.05, 4.69) is 46.6 Å². The van der Waals surface area contributed by atoms with Gasteiger partial charge in [-0.3, -0.25) is 0 Å². The number of fused-ring (bicyclic) bond motifs is 2. The van der Waals surface area contributed by atoms with Crippen LogP contribution in [0.15, 0.2) is 54.6 Å². The van der Waals surface area contributed by atoms with Crippen molar-refractivity contribution >= 4 is 33.4 Å². The summed E-state index contributed by atoms with van der Waals surface area (Å²) in [6.07, 6.45) is 2.78. The van der Waals surface area contributed by atoms with Gasteiger partial charge in [0.25, 0.3) is 0 Å². The van der Waals surface area contributed by atoms with E-state index in [1.807, 2.05) is 24.3 Å². The lowest BCUT2D eigenvalue weighted by atomic mass is 10.00. The van der Waals surface area contributed by atoms with Crippen LogP contribution in [0.2, 0.25) is 5.02 Å². The summed E-state index contributed by atoms with van der Waals surface area (Å²) in [7, 11) is 0. The second kappa shape index (κ2) is 4.36. The molecule has 4 aromatic rings. The van der Waals surface area contributed by atoms with Gasteiger partial charge < -0.3 is 4.98 Å². The van der Waals surface area contributed by atoms with Gasteiger partial charge in [0, 0.05) is 5.56 Å². The van der Waals surface area contributed by atoms with Crippen LogP contribution < -0.4 is 0 Å². The number of aromatic nitrogens is 2. The van der Waals surface area contributed by atoms with Crippen molar-refractivity contribution in [3.8, 4) is 11.1 Å². The Morgan fingerprint density at radius 2 is 1.80 bits per heavy atom. The molecule has 0 aliphatic heterocycles. The minimum Gasteiger partial charge on any atom is -0.335 e. The number of hydrogen-bond donors (Lipinski definition) is 1. The summed E-state index contributed by atoms with van der Waals surface area (Å²) in [4.78, 5) is 7.27. The van der Waals surface area contributed by atoms with Crippen molar-refractivity contribution in [2.45, 2.75) is 0 Å². The second-order valence-electron chi connectivity index (χ2n) is 4.73. The molecule has 0 bridgehead atoms. The first kappa shape index (κ1) is 11.5. The maximum Gasteiger partial charge on any atom is 0.174 e. The lowest BCUT2D eigenvalue weighted by Gasteiger charge is -2.07. The fraction of sp³-hybridized carbons (Fsp3) is 0. The zero-order chi connectivity index (χ0) is 13.5. The molecule has 2 nitrogen and oxygen atoms in total. The molecule has 0 aliphatic rings. The highest BCUT2D eigenvalue weighted by molar-refractivity contribution is 6.34. The monoisotopic (exact) mass is 277 g/mol. The summed E-state index contributed by atoms with van der Waals surface area (Å²) in [6.45, 7) is 0. The number of imidazole rings is 1. The standard InChI is InChI=1S/C17H10ClN2/c18-14-7-8-15-17(20-10-19-15)16(14)13-6-5-11-3-1-2-4-12(11)9-13/h1-9H,(H,19,20). The minimum absolute atomic E-state index is 0.702. The molecule has 0 saturated heterocycles. The molecule has 0 unspecified atom stereocenters. The van der Waals surface area contributed by atoms with Gasteiger partial charge >= 0.3 is 0 Å². The first-order chi connectivity index (χ1) is 9.83. The lowest BCUT2D eigenvalue weighted by molar-refractivity contribution is 1.32. The average Bonchev–Trinajstić information content (AvgIpc) is 2.95. The number of nitrogens with zero attached hydrogens (tertiary/aromatic N) is 1. The van der Waals surface area contributed by atoms with E-state index in [1.54, 1.807) is 0 Å². The number of aromatic amines is 1. The van der Waals surface area contributed by atoms with Crippen molar-refractivity contribution in [1.29, 1.82) is 0 Å². The molecular formula is C17H10ClN2. The fourth-order valence-electron chi connectivity index (χ4n) is 2.55. The Labute approximate surface area is 121 Å². The molecule has 0 amide bonds. The molecule has 20 heavy (non-hydrogen) atoms. The maximum atomic E-state index is 6.38. The van der Waals surface area contributed by atoms with Gasteiger partial charge in [-0.05, 0) is 34.5 Å². The van der Waals surface area contributed by atoms with Crippen LogP contribution in [0.5, 0.6) is 0 Å². The van der Waals surface area contributed by atoms with Crippen LogP contribution in [0, 0.1) is 6.33 Å². The Balaban J connectivity index is 2.05. The van der Waals surface area contributed by atoms with Crippen LogP contribution in [0.3, 0.4) is 0 Å². The van der Waals surface area contributed by atoms with Crippen molar-refractivity contribution < 1.29 is 0 Å². The van der Waals surface area contributed by atoms with E-state index in [-0.39, 0.29) is 0 Å². The fourth-order valence-corrected chi connectivity index (χ4v) is 2.81. The third kappa shape index (κ3) is 1.69. The first-order valence-electron chi connectivity index (χ1n) is 6.36. The highest BCUT2D eigenvalue weighted by atomic mass is 35.5. The van der Waals surface area contributed by atoms with E-state index < -0.39 is 0 Å². The summed E-state index contributed by atoms with van der Waals surface area (Å²) in [6, 6.07) is 18.4. The average molecular weight is 278 g/mol. The number of benzene rings is 3. The predicted molar refractivity (Wildman–Crippen MR) is 82.9 cm³/mol. The Hall–Kier alpha value is -2.32. The molecule has 1 aromatic heterocycles. The molecule has 4 rings (SSSR count).